The van der Waals surface area contributed by atoms with E-state index in [2.05, 4.69) is 14.8 Å². The molecule has 2 atom stereocenters. The molecule has 0 aromatic carbocycles. The average Bonchev–Trinajstić information content (AvgIpc) is 2.10. The zero-order chi connectivity index (χ0) is 12.1. The Bertz CT molecular complexity index is 271. The van der Waals surface area contributed by atoms with Crippen LogP contribution in [0.4, 0.5) is 0 Å². The highest BCUT2D eigenvalue weighted by atomic mass is 28.4. The number of hydrogen-bond acceptors (Lipinski definition) is 4. The molecule has 0 aromatic rings. The second-order valence-electron chi connectivity index (χ2n) is 4.11. The molecular formula is C8H17N3O3Si. The molecule has 0 aliphatic carbocycles. The van der Waals surface area contributed by atoms with Gasteiger partial charge < -0.3 is 9.16 Å². The number of azide groups is 1. The maximum Gasteiger partial charge on any atom is 0.317 e. The molecule has 6 nitrogen and oxygen atoms in total. The molecule has 0 bridgehead atoms. The van der Waals surface area contributed by atoms with Crippen molar-refractivity contribution in [3.8, 4) is 0 Å². The van der Waals surface area contributed by atoms with Gasteiger partial charge in [-0.3, -0.25) is 4.79 Å². The third-order valence-corrected chi connectivity index (χ3v) is 2.68. The van der Waals surface area contributed by atoms with E-state index in [0.29, 0.717) is 0 Å². The topological polar surface area (TPSA) is 84.3 Å². The van der Waals surface area contributed by atoms with Crippen molar-refractivity contribution in [2.75, 3.05) is 7.11 Å². The fourth-order valence-corrected chi connectivity index (χ4v) is 2.38. The second-order valence-corrected chi connectivity index (χ2v) is 8.57. The first kappa shape index (κ1) is 14.0. The van der Waals surface area contributed by atoms with Crippen LogP contribution in [-0.2, 0) is 14.0 Å². The highest BCUT2D eigenvalue weighted by Crippen LogP contribution is 2.13. The van der Waals surface area contributed by atoms with Crippen LogP contribution < -0.4 is 0 Å². The van der Waals surface area contributed by atoms with Gasteiger partial charge in [-0.15, -0.1) is 0 Å². The molecule has 0 radical (unpaired) electrons. The SMILES string of the molecule is COC(=O)[C@@H](N=[N+]=[N-])[C@@H](C)O[Si](C)(C)C. The van der Waals surface area contributed by atoms with Gasteiger partial charge in [0.1, 0.15) is 0 Å². The highest BCUT2D eigenvalue weighted by molar-refractivity contribution is 6.69. The summed E-state index contributed by atoms with van der Waals surface area (Å²) in [4.78, 5) is 13.9. The Balaban J connectivity index is 4.63. The van der Waals surface area contributed by atoms with Gasteiger partial charge in [0.2, 0.25) is 0 Å². The van der Waals surface area contributed by atoms with Crippen LogP contribution in [0, 0.1) is 0 Å². The number of carbonyl (C=O) groups excluding carboxylic acids is 1. The van der Waals surface area contributed by atoms with Gasteiger partial charge in [-0.2, -0.15) is 0 Å². The molecule has 15 heavy (non-hydrogen) atoms. The van der Waals surface area contributed by atoms with E-state index in [1.54, 1.807) is 6.92 Å². The lowest BCUT2D eigenvalue weighted by atomic mass is 10.2. The summed E-state index contributed by atoms with van der Waals surface area (Å²) in [5, 5.41) is 3.38. The number of rotatable bonds is 5. The van der Waals surface area contributed by atoms with Crippen LogP contribution >= 0.6 is 0 Å². The molecule has 0 amide bonds. The van der Waals surface area contributed by atoms with E-state index in [4.69, 9.17) is 9.96 Å². The monoisotopic (exact) mass is 231 g/mol. The minimum absolute atomic E-state index is 0.458. The van der Waals surface area contributed by atoms with E-state index in [1.165, 1.54) is 7.11 Å². The number of esters is 1. The Morgan fingerprint density at radius 3 is 2.33 bits per heavy atom. The molecule has 7 heteroatoms. The Hall–Kier alpha value is -1.04. The molecule has 0 heterocycles. The lowest BCUT2D eigenvalue weighted by Gasteiger charge is -2.26. The first-order chi connectivity index (χ1) is 6.81. The Kier molecular flexibility index (Phi) is 5.35. The van der Waals surface area contributed by atoms with Crippen molar-refractivity contribution in [2.45, 2.75) is 38.7 Å². The number of carbonyl (C=O) groups is 1. The van der Waals surface area contributed by atoms with Gasteiger partial charge in [0, 0.05) is 4.91 Å². The molecule has 0 rings (SSSR count). The molecule has 0 fully saturated rings. The van der Waals surface area contributed by atoms with Crippen LogP contribution in [0.3, 0.4) is 0 Å². The first-order valence-corrected chi connectivity index (χ1v) is 8.02. The van der Waals surface area contributed by atoms with Crippen LogP contribution in [-0.4, -0.2) is 33.5 Å². The van der Waals surface area contributed by atoms with Gasteiger partial charge in [-0.1, -0.05) is 5.11 Å². The van der Waals surface area contributed by atoms with E-state index in [9.17, 15) is 4.79 Å². The van der Waals surface area contributed by atoms with Crippen molar-refractivity contribution in [1.82, 2.24) is 0 Å². The summed E-state index contributed by atoms with van der Waals surface area (Å²) in [7, 11) is -0.508. The Morgan fingerprint density at radius 1 is 1.47 bits per heavy atom. The van der Waals surface area contributed by atoms with Gasteiger partial charge in [0.05, 0.1) is 13.2 Å². The maximum atomic E-state index is 11.3. The largest absolute Gasteiger partial charge is 0.469 e. The predicted octanol–water partition coefficient (Wildman–Crippen LogP) is 2.08. The Morgan fingerprint density at radius 2 is 2.00 bits per heavy atom. The number of nitrogens with zero attached hydrogens (tertiary/aromatic N) is 3. The lowest BCUT2D eigenvalue weighted by molar-refractivity contribution is -0.144. The molecule has 0 spiro atoms. The zero-order valence-electron chi connectivity index (χ0n) is 9.72. The lowest BCUT2D eigenvalue weighted by Crippen LogP contribution is -2.40. The summed E-state index contributed by atoms with van der Waals surface area (Å²) in [6.07, 6.45) is -0.458. The van der Waals surface area contributed by atoms with Gasteiger partial charge >= 0.3 is 5.97 Å². The minimum Gasteiger partial charge on any atom is -0.469 e. The number of methoxy groups -OCH3 is 1. The van der Waals surface area contributed by atoms with E-state index in [1.807, 2.05) is 19.6 Å². The minimum atomic E-state index is -1.76. The summed E-state index contributed by atoms with van der Waals surface area (Å²) in [5.41, 5.74) is 8.33. The molecule has 0 unspecified atom stereocenters. The molecule has 0 N–H and O–H groups in total. The molecule has 0 aromatic heterocycles. The fraction of sp³-hybridized carbons (Fsp3) is 0.875. The average molecular weight is 231 g/mol. The van der Waals surface area contributed by atoms with Crippen molar-refractivity contribution >= 4 is 14.3 Å². The van der Waals surface area contributed by atoms with Crippen LogP contribution in [0.25, 0.3) is 10.4 Å². The van der Waals surface area contributed by atoms with E-state index >= 15 is 0 Å². The third-order valence-electron chi connectivity index (χ3n) is 1.60. The van der Waals surface area contributed by atoms with Crippen LogP contribution in [0.15, 0.2) is 5.11 Å². The fourth-order valence-electron chi connectivity index (χ4n) is 1.13. The van der Waals surface area contributed by atoms with E-state index in [-0.39, 0.29) is 0 Å². The smallest absolute Gasteiger partial charge is 0.317 e. The molecule has 0 saturated heterocycles. The van der Waals surface area contributed by atoms with Crippen molar-refractivity contribution in [1.29, 1.82) is 0 Å². The van der Waals surface area contributed by atoms with Gasteiger partial charge in [-0.05, 0) is 32.1 Å². The van der Waals surface area contributed by atoms with Crippen molar-refractivity contribution < 1.29 is 14.0 Å². The molecular weight excluding hydrogens is 214 g/mol. The quantitative estimate of drug-likeness (QED) is 0.239. The van der Waals surface area contributed by atoms with Gasteiger partial charge in [0.25, 0.3) is 0 Å². The van der Waals surface area contributed by atoms with Crippen LogP contribution in [0.1, 0.15) is 6.92 Å². The van der Waals surface area contributed by atoms with Crippen molar-refractivity contribution in [2.24, 2.45) is 5.11 Å². The van der Waals surface area contributed by atoms with Gasteiger partial charge in [0.15, 0.2) is 14.4 Å². The summed E-state index contributed by atoms with van der Waals surface area (Å²) >= 11 is 0. The third kappa shape index (κ3) is 5.41. The number of ether oxygens (including phenoxy) is 1. The summed E-state index contributed by atoms with van der Waals surface area (Å²) in [5.74, 6) is -0.571. The summed E-state index contributed by atoms with van der Waals surface area (Å²) < 4.78 is 10.2. The number of hydrogen-bond donors (Lipinski definition) is 0. The van der Waals surface area contributed by atoms with Crippen LogP contribution in [0.2, 0.25) is 19.6 Å². The molecule has 0 aliphatic rings. The van der Waals surface area contributed by atoms with Crippen molar-refractivity contribution in [3.63, 3.8) is 0 Å². The molecule has 86 valence electrons. The summed E-state index contributed by atoms with van der Waals surface area (Å²) in [6.45, 7) is 7.68. The zero-order valence-corrected chi connectivity index (χ0v) is 10.7. The first-order valence-electron chi connectivity index (χ1n) is 4.61. The highest BCUT2D eigenvalue weighted by Gasteiger charge is 2.29. The predicted molar refractivity (Wildman–Crippen MR) is 58.8 cm³/mol. The Labute approximate surface area is 90.3 Å². The van der Waals surface area contributed by atoms with Gasteiger partial charge in [-0.25, -0.2) is 0 Å². The molecule has 0 aliphatic heterocycles. The van der Waals surface area contributed by atoms with E-state index in [0.717, 1.165) is 0 Å². The standard InChI is InChI=1S/C8H17N3O3Si/c1-6(14-15(3,4)5)7(10-11-9)8(12)13-2/h6-7H,1-5H3/t6-,7+/m1/s1. The van der Waals surface area contributed by atoms with E-state index < -0.39 is 26.4 Å². The normalized spacial score (nSPS) is 15.0. The van der Waals surface area contributed by atoms with Crippen molar-refractivity contribution in [3.05, 3.63) is 10.4 Å². The maximum absolute atomic E-state index is 11.3. The molecule has 0 saturated carbocycles. The van der Waals surface area contributed by atoms with Crippen LogP contribution in [0.5, 0.6) is 0 Å². The second kappa shape index (κ2) is 5.74. The summed E-state index contributed by atoms with van der Waals surface area (Å²) in [6, 6.07) is -0.910.